The number of benzene rings is 1. The monoisotopic (exact) mass is 451 g/mol. The van der Waals surface area contributed by atoms with Gasteiger partial charge in [0, 0.05) is 5.69 Å². The van der Waals surface area contributed by atoms with E-state index in [1.807, 2.05) is 0 Å². The molecule has 0 bridgehead atoms. The molecule has 3 N–H and O–H groups in total. The SMILES string of the molecule is N=C1N=C(SCC(=O)Nc2ccc(Cl)c(Cl)c2)NC(=O)C1=NC(=O)c1ccco1. The summed E-state index contributed by atoms with van der Waals surface area (Å²) in [6.45, 7) is 0. The van der Waals surface area contributed by atoms with Gasteiger partial charge in [-0.05, 0) is 30.3 Å². The molecule has 1 aliphatic heterocycles. The van der Waals surface area contributed by atoms with Gasteiger partial charge in [-0.2, -0.15) is 4.99 Å². The molecule has 0 saturated heterocycles. The van der Waals surface area contributed by atoms with Crippen LogP contribution in [0.2, 0.25) is 10.0 Å². The minimum absolute atomic E-state index is 0.0358. The predicted octanol–water partition coefficient (Wildman–Crippen LogP) is 3.00. The first kappa shape index (κ1) is 20.8. The van der Waals surface area contributed by atoms with Gasteiger partial charge in [0.1, 0.15) is 0 Å². The van der Waals surface area contributed by atoms with E-state index in [2.05, 4.69) is 20.6 Å². The number of anilines is 1. The fraction of sp³-hybridized carbons (Fsp3) is 0.0588. The number of rotatable bonds is 4. The average molecular weight is 452 g/mol. The van der Waals surface area contributed by atoms with E-state index in [4.69, 9.17) is 33.0 Å². The summed E-state index contributed by atoms with van der Waals surface area (Å²) in [6.07, 6.45) is 1.29. The van der Waals surface area contributed by atoms with Crippen molar-refractivity contribution >= 4 is 75.1 Å². The number of amides is 3. The molecule has 0 saturated carbocycles. The molecule has 9 nitrogen and oxygen atoms in total. The van der Waals surface area contributed by atoms with Crippen LogP contribution < -0.4 is 10.6 Å². The normalized spacial score (nSPS) is 15.1. The Morgan fingerprint density at radius 3 is 2.72 bits per heavy atom. The molecule has 2 aromatic rings. The van der Waals surface area contributed by atoms with Gasteiger partial charge in [-0.25, -0.2) is 4.99 Å². The summed E-state index contributed by atoms with van der Waals surface area (Å²) in [5, 5.41) is 13.5. The van der Waals surface area contributed by atoms with Crippen LogP contribution in [0.1, 0.15) is 10.6 Å². The standard InChI is InChI=1S/C17H11Cl2N5O4S/c18-9-4-3-8(6-10(9)19)21-12(25)7-29-17-23-14(20)13(16(27)24-17)22-15(26)11-2-1-5-28-11/h1-6H,7H2,(H,21,25)(H2,20,23,24,27). The molecular weight excluding hydrogens is 441 g/mol. The van der Waals surface area contributed by atoms with Gasteiger partial charge < -0.3 is 9.73 Å². The second-order valence-electron chi connectivity index (χ2n) is 5.43. The molecule has 0 fully saturated rings. The Morgan fingerprint density at radius 2 is 2.07 bits per heavy atom. The van der Waals surface area contributed by atoms with Crippen LogP contribution in [0.15, 0.2) is 51.0 Å². The Labute approximate surface area is 178 Å². The third-order valence-electron chi connectivity index (χ3n) is 3.36. The topological polar surface area (TPSA) is 137 Å². The van der Waals surface area contributed by atoms with Crippen molar-refractivity contribution in [2.45, 2.75) is 0 Å². The molecule has 3 amide bonds. The van der Waals surface area contributed by atoms with E-state index in [0.29, 0.717) is 15.7 Å². The zero-order valence-corrected chi connectivity index (χ0v) is 16.7. The lowest BCUT2D eigenvalue weighted by atomic mass is 10.3. The summed E-state index contributed by atoms with van der Waals surface area (Å²) in [5.41, 5.74) is 0.00854. The van der Waals surface area contributed by atoms with Gasteiger partial charge in [-0.3, -0.25) is 25.1 Å². The molecule has 1 aromatic carbocycles. The predicted molar refractivity (Wildman–Crippen MR) is 111 cm³/mol. The largest absolute Gasteiger partial charge is 0.459 e. The fourth-order valence-electron chi connectivity index (χ4n) is 2.08. The average Bonchev–Trinajstić information content (AvgIpc) is 3.21. The molecule has 3 rings (SSSR count). The van der Waals surface area contributed by atoms with Crippen LogP contribution in [0.5, 0.6) is 0 Å². The van der Waals surface area contributed by atoms with Crippen molar-refractivity contribution in [2.24, 2.45) is 9.98 Å². The Kier molecular flexibility index (Phi) is 6.47. The molecule has 148 valence electrons. The highest BCUT2D eigenvalue weighted by Crippen LogP contribution is 2.25. The molecule has 0 spiro atoms. The lowest BCUT2D eigenvalue weighted by molar-refractivity contribution is -0.114. The van der Waals surface area contributed by atoms with Gasteiger partial charge in [0.25, 0.3) is 5.91 Å². The van der Waals surface area contributed by atoms with Crippen molar-refractivity contribution in [3.05, 3.63) is 52.4 Å². The third-order valence-corrected chi connectivity index (χ3v) is 4.97. The maximum absolute atomic E-state index is 12.1. The number of furan rings is 1. The number of halogens is 2. The van der Waals surface area contributed by atoms with Gasteiger partial charge in [0.2, 0.25) is 5.91 Å². The van der Waals surface area contributed by atoms with E-state index < -0.39 is 23.4 Å². The van der Waals surface area contributed by atoms with Crippen molar-refractivity contribution in [1.82, 2.24) is 5.32 Å². The lowest BCUT2D eigenvalue weighted by Crippen LogP contribution is -2.43. The molecule has 2 heterocycles. The van der Waals surface area contributed by atoms with Crippen LogP contribution >= 0.6 is 35.0 Å². The van der Waals surface area contributed by atoms with Crippen LogP contribution in [0.4, 0.5) is 5.69 Å². The zero-order chi connectivity index (χ0) is 21.0. The number of nitrogens with one attached hydrogen (secondary N) is 3. The van der Waals surface area contributed by atoms with Gasteiger partial charge in [0.05, 0.1) is 22.1 Å². The molecular formula is C17H11Cl2N5O4S. The number of carbonyl (C=O) groups is 3. The highest BCUT2D eigenvalue weighted by Gasteiger charge is 2.26. The van der Waals surface area contributed by atoms with Gasteiger partial charge >= 0.3 is 5.91 Å². The van der Waals surface area contributed by atoms with Crippen molar-refractivity contribution in [2.75, 3.05) is 11.1 Å². The molecule has 1 aliphatic rings. The van der Waals surface area contributed by atoms with Crippen LogP contribution in [0, 0.1) is 5.41 Å². The number of carbonyl (C=O) groups excluding carboxylic acids is 3. The Balaban J connectivity index is 1.60. The first-order valence-corrected chi connectivity index (χ1v) is 9.61. The van der Waals surface area contributed by atoms with Crippen LogP contribution in [0.25, 0.3) is 0 Å². The van der Waals surface area contributed by atoms with Crippen molar-refractivity contribution < 1.29 is 18.8 Å². The summed E-state index contributed by atoms with van der Waals surface area (Å²) >= 11 is 12.6. The maximum atomic E-state index is 12.1. The first-order chi connectivity index (χ1) is 13.8. The number of aliphatic imine (C=N–C) groups is 2. The van der Waals surface area contributed by atoms with E-state index in [1.165, 1.54) is 24.5 Å². The summed E-state index contributed by atoms with van der Waals surface area (Å²) in [6, 6.07) is 7.51. The van der Waals surface area contributed by atoms with Crippen molar-refractivity contribution in [1.29, 1.82) is 5.41 Å². The smallest absolute Gasteiger partial charge is 0.313 e. The van der Waals surface area contributed by atoms with E-state index in [9.17, 15) is 14.4 Å². The molecule has 29 heavy (non-hydrogen) atoms. The molecule has 0 unspecified atom stereocenters. The van der Waals surface area contributed by atoms with E-state index in [1.54, 1.807) is 12.1 Å². The fourth-order valence-corrected chi connectivity index (χ4v) is 3.04. The molecule has 0 radical (unpaired) electrons. The third kappa shape index (κ3) is 5.31. The highest BCUT2D eigenvalue weighted by atomic mass is 35.5. The number of thioether (sulfide) groups is 1. The zero-order valence-electron chi connectivity index (χ0n) is 14.4. The molecule has 1 aromatic heterocycles. The number of amidine groups is 2. The highest BCUT2D eigenvalue weighted by molar-refractivity contribution is 8.14. The Hall–Kier alpha value is -2.95. The van der Waals surface area contributed by atoms with Crippen molar-refractivity contribution in [3.8, 4) is 0 Å². The minimum atomic E-state index is -0.808. The van der Waals surface area contributed by atoms with Crippen molar-refractivity contribution in [3.63, 3.8) is 0 Å². The van der Waals surface area contributed by atoms with E-state index >= 15 is 0 Å². The van der Waals surface area contributed by atoms with Gasteiger partial charge in [-0.15, -0.1) is 0 Å². The number of nitrogens with zero attached hydrogens (tertiary/aromatic N) is 2. The second kappa shape index (κ2) is 9.03. The van der Waals surface area contributed by atoms with Crippen LogP contribution in [0.3, 0.4) is 0 Å². The summed E-state index contributed by atoms with van der Waals surface area (Å²) in [4.78, 5) is 43.5. The van der Waals surface area contributed by atoms with Crippen LogP contribution in [-0.2, 0) is 9.59 Å². The lowest BCUT2D eigenvalue weighted by Gasteiger charge is -2.14. The van der Waals surface area contributed by atoms with Gasteiger partial charge in [-0.1, -0.05) is 35.0 Å². The van der Waals surface area contributed by atoms with E-state index in [0.717, 1.165) is 11.8 Å². The van der Waals surface area contributed by atoms with Crippen LogP contribution in [-0.4, -0.2) is 40.2 Å². The summed E-state index contributed by atoms with van der Waals surface area (Å²) in [7, 11) is 0. The summed E-state index contributed by atoms with van der Waals surface area (Å²) < 4.78 is 4.90. The maximum Gasteiger partial charge on any atom is 0.313 e. The second-order valence-corrected chi connectivity index (χ2v) is 7.21. The number of hydrogen-bond donors (Lipinski definition) is 3. The molecule has 0 aliphatic carbocycles. The van der Waals surface area contributed by atoms with Gasteiger partial charge in [0.15, 0.2) is 22.5 Å². The number of hydrogen-bond acceptors (Lipinski definition) is 6. The van der Waals surface area contributed by atoms with E-state index in [-0.39, 0.29) is 22.6 Å². The molecule has 0 atom stereocenters. The Bertz CT molecular complexity index is 1070. The first-order valence-electron chi connectivity index (χ1n) is 7.86. The molecule has 12 heteroatoms. The Morgan fingerprint density at radius 1 is 1.28 bits per heavy atom. The quantitative estimate of drug-likeness (QED) is 0.655. The minimum Gasteiger partial charge on any atom is -0.459 e. The summed E-state index contributed by atoms with van der Waals surface area (Å²) in [5.74, 6) is -2.63.